The molecule has 0 saturated carbocycles. The number of hydrogen-bond donors (Lipinski definition) is 1. The minimum Gasteiger partial charge on any atom is -0.385 e. The molecular weight excluding hydrogens is 332 g/mol. The second kappa shape index (κ2) is 10.0. The Balaban J connectivity index is 2.10. The summed E-state index contributed by atoms with van der Waals surface area (Å²) in [5, 5.41) is 0. The van der Waals surface area contributed by atoms with Gasteiger partial charge in [0.25, 0.3) is 0 Å². The van der Waals surface area contributed by atoms with Gasteiger partial charge in [-0.3, -0.25) is 4.79 Å². The van der Waals surface area contributed by atoms with Crippen molar-refractivity contribution in [1.29, 1.82) is 0 Å². The average Bonchev–Trinajstić information content (AvgIpc) is 2.68. The highest BCUT2D eigenvalue weighted by Crippen LogP contribution is 2.27. The van der Waals surface area contributed by atoms with E-state index in [-0.39, 0.29) is 11.7 Å². The number of Topliss-reactive ketones (excluding diaryl/α,β-unsaturated/α-hetero) is 1. The van der Waals surface area contributed by atoms with Crippen LogP contribution >= 0.6 is 0 Å². The highest BCUT2D eigenvalue weighted by atomic mass is 16.5. The Morgan fingerprint density at radius 1 is 1.15 bits per heavy atom. The van der Waals surface area contributed by atoms with Gasteiger partial charge in [-0.25, -0.2) is 0 Å². The molecule has 1 heterocycles. The van der Waals surface area contributed by atoms with E-state index in [1.807, 2.05) is 31.2 Å². The standard InChI is InChI=1S/C20H32N2O4/c1-20(21,17(8-12-24-2)9-13-25-3)19(23)16-4-6-18(7-5-16)22-10-14-26-15-11-22/h4-7,17H,8-15,21H2,1-3H3. The van der Waals surface area contributed by atoms with Gasteiger partial charge in [-0.15, -0.1) is 0 Å². The van der Waals surface area contributed by atoms with E-state index in [1.165, 1.54) is 0 Å². The molecule has 0 aliphatic carbocycles. The molecule has 26 heavy (non-hydrogen) atoms. The molecule has 1 unspecified atom stereocenters. The van der Waals surface area contributed by atoms with Gasteiger partial charge in [-0.05, 0) is 49.9 Å². The van der Waals surface area contributed by atoms with Crippen LogP contribution in [0.3, 0.4) is 0 Å². The van der Waals surface area contributed by atoms with Crippen molar-refractivity contribution in [2.24, 2.45) is 11.7 Å². The molecule has 0 bridgehead atoms. The summed E-state index contributed by atoms with van der Waals surface area (Å²) in [6.07, 6.45) is 1.45. The van der Waals surface area contributed by atoms with E-state index in [1.54, 1.807) is 14.2 Å². The van der Waals surface area contributed by atoms with Crippen LogP contribution < -0.4 is 10.6 Å². The van der Waals surface area contributed by atoms with Crippen LogP contribution in [0.2, 0.25) is 0 Å². The van der Waals surface area contributed by atoms with E-state index >= 15 is 0 Å². The molecule has 1 aliphatic rings. The largest absolute Gasteiger partial charge is 0.385 e. The number of benzene rings is 1. The fourth-order valence-electron chi connectivity index (χ4n) is 3.41. The smallest absolute Gasteiger partial charge is 0.182 e. The number of ketones is 1. The first-order valence-electron chi connectivity index (χ1n) is 9.25. The molecule has 1 aliphatic heterocycles. The van der Waals surface area contributed by atoms with Gasteiger partial charge in [-0.2, -0.15) is 0 Å². The molecule has 2 N–H and O–H groups in total. The first-order chi connectivity index (χ1) is 12.5. The predicted molar refractivity (Wildman–Crippen MR) is 103 cm³/mol. The van der Waals surface area contributed by atoms with Gasteiger partial charge in [0, 0.05) is 51.8 Å². The topological polar surface area (TPSA) is 74.0 Å². The van der Waals surface area contributed by atoms with Crippen LogP contribution in [-0.4, -0.2) is 65.1 Å². The van der Waals surface area contributed by atoms with Gasteiger partial charge >= 0.3 is 0 Å². The zero-order valence-corrected chi connectivity index (χ0v) is 16.2. The van der Waals surface area contributed by atoms with E-state index in [4.69, 9.17) is 19.9 Å². The normalized spacial score (nSPS) is 17.3. The van der Waals surface area contributed by atoms with Crippen LogP contribution in [-0.2, 0) is 14.2 Å². The van der Waals surface area contributed by atoms with Crippen molar-refractivity contribution in [1.82, 2.24) is 0 Å². The van der Waals surface area contributed by atoms with Crippen LogP contribution in [0.15, 0.2) is 24.3 Å². The number of nitrogens with zero attached hydrogens (tertiary/aromatic N) is 1. The number of anilines is 1. The molecule has 1 fully saturated rings. The number of carbonyl (C=O) groups excluding carboxylic acids is 1. The number of carbonyl (C=O) groups is 1. The van der Waals surface area contributed by atoms with Gasteiger partial charge in [0.2, 0.25) is 0 Å². The summed E-state index contributed by atoms with van der Waals surface area (Å²) < 4.78 is 15.8. The van der Waals surface area contributed by atoms with Crippen LogP contribution in [0.4, 0.5) is 5.69 Å². The Kier molecular flexibility index (Phi) is 8.03. The minimum absolute atomic E-state index is 0.00572. The quantitative estimate of drug-likeness (QED) is 0.641. The number of morpholine rings is 1. The number of hydrogen-bond acceptors (Lipinski definition) is 6. The van der Waals surface area contributed by atoms with Crippen LogP contribution in [0, 0.1) is 5.92 Å². The lowest BCUT2D eigenvalue weighted by molar-refractivity contribution is 0.0749. The second-order valence-corrected chi connectivity index (χ2v) is 7.02. The molecule has 0 radical (unpaired) electrons. The molecule has 0 amide bonds. The van der Waals surface area contributed by atoms with Gasteiger partial charge in [-0.1, -0.05) is 0 Å². The van der Waals surface area contributed by atoms with E-state index in [9.17, 15) is 4.79 Å². The molecule has 1 aromatic rings. The number of nitrogens with two attached hydrogens (primary N) is 1. The van der Waals surface area contributed by atoms with Crippen LogP contribution in [0.5, 0.6) is 0 Å². The summed E-state index contributed by atoms with van der Waals surface area (Å²) in [6.45, 7) is 6.19. The number of methoxy groups -OCH3 is 2. The fourth-order valence-corrected chi connectivity index (χ4v) is 3.41. The highest BCUT2D eigenvalue weighted by molar-refractivity contribution is 6.03. The van der Waals surface area contributed by atoms with Gasteiger partial charge < -0.3 is 24.8 Å². The van der Waals surface area contributed by atoms with E-state index < -0.39 is 5.54 Å². The lowest BCUT2D eigenvalue weighted by Gasteiger charge is -2.33. The lowest BCUT2D eigenvalue weighted by Crippen LogP contribution is -2.52. The third kappa shape index (κ3) is 5.27. The van der Waals surface area contributed by atoms with Crippen molar-refractivity contribution >= 4 is 11.5 Å². The van der Waals surface area contributed by atoms with Gasteiger partial charge in [0.1, 0.15) is 0 Å². The van der Waals surface area contributed by atoms with Gasteiger partial charge in [0.05, 0.1) is 18.8 Å². The summed E-state index contributed by atoms with van der Waals surface area (Å²) >= 11 is 0. The lowest BCUT2D eigenvalue weighted by atomic mass is 9.77. The third-order valence-electron chi connectivity index (χ3n) is 5.18. The molecule has 1 saturated heterocycles. The molecule has 146 valence electrons. The Morgan fingerprint density at radius 3 is 2.19 bits per heavy atom. The fraction of sp³-hybridized carbons (Fsp3) is 0.650. The first kappa shape index (κ1) is 20.8. The van der Waals surface area contributed by atoms with Crippen LogP contribution in [0.25, 0.3) is 0 Å². The Hall–Kier alpha value is -1.47. The monoisotopic (exact) mass is 364 g/mol. The first-order valence-corrected chi connectivity index (χ1v) is 9.25. The molecule has 0 spiro atoms. The molecule has 6 heteroatoms. The minimum atomic E-state index is -0.961. The maximum atomic E-state index is 13.1. The van der Waals surface area contributed by atoms with Crippen molar-refractivity contribution < 1.29 is 19.0 Å². The summed E-state index contributed by atoms with van der Waals surface area (Å²) in [5.41, 5.74) is 7.31. The van der Waals surface area contributed by atoms with Crippen molar-refractivity contribution in [3.05, 3.63) is 29.8 Å². The molecule has 1 aromatic carbocycles. The molecule has 0 aromatic heterocycles. The summed E-state index contributed by atoms with van der Waals surface area (Å²) in [4.78, 5) is 15.3. The SMILES string of the molecule is COCCC(CCOC)C(C)(N)C(=O)c1ccc(N2CCOCC2)cc1. The van der Waals surface area contributed by atoms with Crippen LogP contribution in [0.1, 0.15) is 30.1 Å². The summed E-state index contributed by atoms with van der Waals surface area (Å²) in [7, 11) is 3.32. The Bertz CT molecular complexity index is 545. The van der Waals surface area contributed by atoms with Crippen molar-refractivity contribution in [3.8, 4) is 0 Å². The third-order valence-corrected chi connectivity index (χ3v) is 5.18. The Morgan fingerprint density at radius 2 is 1.69 bits per heavy atom. The maximum Gasteiger partial charge on any atom is 0.182 e. The predicted octanol–water partition coefficient (Wildman–Crippen LogP) is 2.11. The maximum absolute atomic E-state index is 13.1. The van der Waals surface area contributed by atoms with E-state index in [0.717, 1.165) is 44.8 Å². The van der Waals surface area contributed by atoms with E-state index in [2.05, 4.69) is 4.90 Å². The zero-order valence-electron chi connectivity index (χ0n) is 16.2. The van der Waals surface area contributed by atoms with Crippen molar-refractivity contribution in [2.45, 2.75) is 25.3 Å². The summed E-state index contributed by atoms with van der Waals surface area (Å²) in [6, 6.07) is 7.74. The Labute approximate surface area is 156 Å². The number of rotatable bonds is 10. The molecular formula is C20H32N2O4. The molecule has 1 atom stereocenters. The van der Waals surface area contributed by atoms with Gasteiger partial charge in [0.15, 0.2) is 5.78 Å². The summed E-state index contributed by atoms with van der Waals surface area (Å²) in [5.74, 6) is -0.0444. The number of ether oxygens (including phenoxy) is 3. The molecule has 6 nitrogen and oxygen atoms in total. The van der Waals surface area contributed by atoms with Crippen molar-refractivity contribution in [2.75, 3.05) is 58.6 Å². The average molecular weight is 364 g/mol. The van der Waals surface area contributed by atoms with Crippen molar-refractivity contribution in [3.63, 3.8) is 0 Å². The zero-order chi connectivity index (χ0) is 19.0. The highest BCUT2D eigenvalue weighted by Gasteiger charge is 2.37. The molecule has 2 rings (SSSR count). The second-order valence-electron chi connectivity index (χ2n) is 7.02. The van der Waals surface area contributed by atoms with E-state index in [0.29, 0.717) is 18.8 Å².